The number of esters is 1. The third-order valence-electron chi connectivity index (χ3n) is 3.07. The predicted molar refractivity (Wildman–Crippen MR) is 62.3 cm³/mol. The summed E-state index contributed by atoms with van der Waals surface area (Å²) < 4.78 is 10.1. The fraction of sp³-hybridized carbons (Fsp3) is 0.917. The molecule has 0 spiro atoms. The molecule has 0 aromatic heterocycles. The number of carbonyl (C=O) groups excluding carboxylic acids is 1. The Kier molecular flexibility index (Phi) is 5.77. The van der Waals surface area contributed by atoms with E-state index >= 15 is 0 Å². The summed E-state index contributed by atoms with van der Waals surface area (Å²) in [5, 5.41) is 0. The van der Waals surface area contributed by atoms with Crippen LogP contribution in [0, 0.1) is 0 Å². The van der Waals surface area contributed by atoms with Gasteiger partial charge in [-0.2, -0.15) is 0 Å². The molecule has 0 aromatic rings. The van der Waals surface area contributed by atoms with Gasteiger partial charge in [0.15, 0.2) is 0 Å². The Bertz CT molecular complexity index is 218. The van der Waals surface area contributed by atoms with Gasteiger partial charge in [0.05, 0.1) is 26.7 Å². The lowest BCUT2D eigenvalue weighted by Gasteiger charge is -2.27. The standard InChI is InChI=1S/C12H23NO3/c1-10(2)13-7-4-5-11(13)9-16-8-6-12(14)15-3/h10-11H,4-9H2,1-3H3/t11-/m0/s1. The molecule has 94 valence electrons. The Morgan fingerprint density at radius 2 is 2.25 bits per heavy atom. The van der Waals surface area contributed by atoms with Gasteiger partial charge in [-0.05, 0) is 33.2 Å². The van der Waals surface area contributed by atoms with Crippen molar-refractivity contribution in [3.63, 3.8) is 0 Å². The van der Waals surface area contributed by atoms with E-state index in [1.54, 1.807) is 0 Å². The van der Waals surface area contributed by atoms with Gasteiger partial charge in [-0.3, -0.25) is 9.69 Å². The van der Waals surface area contributed by atoms with Crippen LogP contribution >= 0.6 is 0 Å². The summed E-state index contributed by atoms with van der Waals surface area (Å²) >= 11 is 0. The molecule has 0 amide bonds. The molecule has 0 bridgehead atoms. The van der Waals surface area contributed by atoms with Crippen molar-refractivity contribution in [1.82, 2.24) is 4.90 Å². The molecular formula is C12H23NO3. The molecular weight excluding hydrogens is 206 g/mol. The molecule has 0 N–H and O–H groups in total. The smallest absolute Gasteiger partial charge is 0.307 e. The highest BCUT2D eigenvalue weighted by atomic mass is 16.5. The van der Waals surface area contributed by atoms with Crippen molar-refractivity contribution < 1.29 is 14.3 Å². The largest absolute Gasteiger partial charge is 0.469 e. The Hall–Kier alpha value is -0.610. The lowest BCUT2D eigenvalue weighted by Crippen LogP contribution is -2.38. The van der Waals surface area contributed by atoms with Crippen LogP contribution in [-0.4, -0.2) is 49.8 Å². The molecule has 1 saturated heterocycles. The summed E-state index contributed by atoms with van der Waals surface area (Å²) in [7, 11) is 1.40. The molecule has 16 heavy (non-hydrogen) atoms. The van der Waals surface area contributed by atoms with E-state index in [-0.39, 0.29) is 5.97 Å². The van der Waals surface area contributed by atoms with Crippen LogP contribution in [0.2, 0.25) is 0 Å². The molecule has 1 heterocycles. The van der Waals surface area contributed by atoms with Crippen molar-refractivity contribution in [2.75, 3.05) is 26.9 Å². The van der Waals surface area contributed by atoms with Crippen molar-refractivity contribution in [2.45, 2.75) is 45.2 Å². The average Bonchev–Trinajstić information content (AvgIpc) is 2.72. The zero-order chi connectivity index (χ0) is 12.0. The van der Waals surface area contributed by atoms with Gasteiger partial charge in [-0.1, -0.05) is 0 Å². The number of methoxy groups -OCH3 is 1. The molecule has 1 rings (SSSR count). The van der Waals surface area contributed by atoms with Crippen molar-refractivity contribution in [3.8, 4) is 0 Å². The molecule has 1 aliphatic heterocycles. The normalized spacial score (nSPS) is 21.6. The van der Waals surface area contributed by atoms with Gasteiger partial charge in [0.2, 0.25) is 0 Å². The van der Waals surface area contributed by atoms with Gasteiger partial charge in [0.1, 0.15) is 0 Å². The predicted octanol–water partition coefficient (Wildman–Crippen LogP) is 1.44. The number of likely N-dealkylation sites (tertiary alicyclic amines) is 1. The van der Waals surface area contributed by atoms with E-state index in [0.29, 0.717) is 25.1 Å². The Labute approximate surface area is 97.9 Å². The number of hydrogen-bond acceptors (Lipinski definition) is 4. The van der Waals surface area contributed by atoms with Crippen LogP contribution in [0.25, 0.3) is 0 Å². The summed E-state index contributed by atoms with van der Waals surface area (Å²) in [5.41, 5.74) is 0. The minimum absolute atomic E-state index is 0.202. The molecule has 1 aliphatic rings. The minimum atomic E-state index is -0.202. The number of carbonyl (C=O) groups is 1. The van der Waals surface area contributed by atoms with Crippen LogP contribution in [0.3, 0.4) is 0 Å². The third-order valence-corrected chi connectivity index (χ3v) is 3.07. The van der Waals surface area contributed by atoms with Crippen molar-refractivity contribution >= 4 is 5.97 Å². The molecule has 0 saturated carbocycles. The molecule has 0 unspecified atom stereocenters. The van der Waals surface area contributed by atoms with E-state index in [1.807, 2.05) is 0 Å². The second kappa shape index (κ2) is 6.86. The quantitative estimate of drug-likeness (QED) is 0.510. The van der Waals surface area contributed by atoms with E-state index in [2.05, 4.69) is 23.5 Å². The van der Waals surface area contributed by atoms with Crippen molar-refractivity contribution in [1.29, 1.82) is 0 Å². The van der Waals surface area contributed by atoms with Gasteiger partial charge >= 0.3 is 5.97 Å². The van der Waals surface area contributed by atoms with Crippen LogP contribution in [0.4, 0.5) is 0 Å². The average molecular weight is 229 g/mol. The van der Waals surface area contributed by atoms with Gasteiger partial charge in [-0.15, -0.1) is 0 Å². The van der Waals surface area contributed by atoms with Gasteiger partial charge in [0.25, 0.3) is 0 Å². The van der Waals surface area contributed by atoms with Crippen molar-refractivity contribution in [3.05, 3.63) is 0 Å². The van der Waals surface area contributed by atoms with E-state index < -0.39 is 0 Å². The topological polar surface area (TPSA) is 38.8 Å². The molecule has 4 heteroatoms. The molecule has 0 aromatic carbocycles. The van der Waals surface area contributed by atoms with Crippen molar-refractivity contribution in [2.24, 2.45) is 0 Å². The summed E-state index contributed by atoms with van der Waals surface area (Å²) in [6, 6.07) is 1.11. The first-order valence-electron chi connectivity index (χ1n) is 6.05. The monoisotopic (exact) mass is 229 g/mol. The number of hydrogen-bond donors (Lipinski definition) is 0. The molecule has 4 nitrogen and oxygen atoms in total. The SMILES string of the molecule is COC(=O)CCOC[C@@H]1CCCN1C(C)C. The molecule has 0 radical (unpaired) electrons. The summed E-state index contributed by atoms with van der Waals surface area (Å²) in [6.07, 6.45) is 2.81. The van der Waals surface area contributed by atoms with E-state index in [1.165, 1.54) is 26.5 Å². The third kappa shape index (κ3) is 4.10. The first-order chi connectivity index (χ1) is 7.65. The van der Waals surface area contributed by atoms with E-state index in [9.17, 15) is 4.79 Å². The zero-order valence-electron chi connectivity index (χ0n) is 10.6. The Morgan fingerprint density at radius 3 is 2.88 bits per heavy atom. The number of nitrogens with zero attached hydrogens (tertiary/aromatic N) is 1. The molecule has 1 fully saturated rings. The highest BCUT2D eigenvalue weighted by Gasteiger charge is 2.26. The second-order valence-corrected chi connectivity index (χ2v) is 4.53. The summed E-state index contributed by atoms with van der Waals surface area (Å²) in [6.45, 7) is 6.80. The van der Waals surface area contributed by atoms with Crippen LogP contribution < -0.4 is 0 Å². The van der Waals surface area contributed by atoms with Crippen LogP contribution in [0.15, 0.2) is 0 Å². The fourth-order valence-corrected chi connectivity index (χ4v) is 2.19. The maximum atomic E-state index is 10.9. The summed E-state index contributed by atoms with van der Waals surface area (Å²) in [5.74, 6) is -0.202. The lowest BCUT2D eigenvalue weighted by molar-refractivity contribution is -0.141. The second-order valence-electron chi connectivity index (χ2n) is 4.53. The summed E-state index contributed by atoms with van der Waals surface area (Å²) in [4.78, 5) is 13.3. The lowest BCUT2D eigenvalue weighted by atomic mass is 10.2. The first kappa shape index (κ1) is 13.5. The number of rotatable bonds is 6. The molecule has 0 aliphatic carbocycles. The highest BCUT2D eigenvalue weighted by Crippen LogP contribution is 2.19. The Morgan fingerprint density at radius 1 is 1.50 bits per heavy atom. The maximum Gasteiger partial charge on any atom is 0.307 e. The number of ether oxygens (including phenoxy) is 2. The van der Waals surface area contributed by atoms with Gasteiger partial charge in [-0.25, -0.2) is 0 Å². The van der Waals surface area contributed by atoms with Gasteiger partial charge < -0.3 is 9.47 Å². The van der Waals surface area contributed by atoms with Gasteiger partial charge in [0, 0.05) is 12.1 Å². The maximum absolute atomic E-state index is 10.9. The minimum Gasteiger partial charge on any atom is -0.469 e. The zero-order valence-corrected chi connectivity index (χ0v) is 10.6. The highest BCUT2D eigenvalue weighted by molar-refractivity contribution is 5.69. The van der Waals surface area contributed by atoms with Crippen LogP contribution in [0.5, 0.6) is 0 Å². The van der Waals surface area contributed by atoms with E-state index in [4.69, 9.17) is 4.74 Å². The first-order valence-corrected chi connectivity index (χ1v) is 6.05. The molecule has 1 atom stereocenters. The Balaban J connectivity index is 2.14. The van der Waals surface area contributed by atoms with Crippen LogP contribution in [0.1, 0.15) is 33.1 Å². The van der Waals surface area contributed by atoms with E-state index in [0.717, 1.165) is 6.61 Å². The van der Waals surface area contributed by atoms with Crippen LogP contribution in [-0.2, 0) is 14.3 Å². The fourth-order valence-electron chi connectivity index (χ4n) is 2.19.